The van der Waals surface area contributed by atoms with Gasteiger partial charge in [-0.3, -0.25) is 4.79 Å². The molecule has 0 bridgehead atoms. The van der Waals surface area contributed by atoms with Crippen molar-refractivity contribution in [2.45, 2.75) is 11.0 Å². The lowest BCUT2D eigenvalue weighted by Crippen LogP contribution is -2.35. The molecule has 0 aliphatic rings. The minimum atomic E-state index is -4.38. The third kappa shape index (κ3) is 4.07. The number of methoxy groups -OCH3 is 1. The van der Waals surface area contributed by atoms with Crippen LogP contribution in [0.4, 0.5) is 4.39 Å². The Morgan fingerprint density at radius 1 is 1.22 bits per heavy atom. The third-order valence-electron chi connectivity index (χ3n) is 2.99. The molecule has 2 aromatic rings. The zero-order chi connectivity index (χ0) is 17.0. The van der Waals surface area contributed by atoms with E-state index in [1.807, 2.05) is 4.72 Å². The summed E-state index contributed by atoms with van der Waals surface area (Å²) >= 11 is 5.58. The fourth-order valence-corrected chi connectivity index (χ4v) is 3.16. The van der Waals surface area contributed by atoms with Crippen LogP contribution in [0.1, 0.15) is 11.7 Å². The number of nitrogens with one attached hydrogen (secondary N) is 1. The predicted octanol–water partition coefficient (Wildman–Crippen LogP) is 2.67. The molecule has 8 heteroatoms. The molecule has 1 unspecified atom stereocenters. The molecule has 0 heterocycles. The minimum absolute atomic E-state index is 0.0480. The van der Waals surface area contributed by atoms with Crippen molar-refractivity contribution in [2.24, 2.45) is 0 Å². The van der Waals surface area contributed by atoms with Gasteiger partial charge in [-0.05, 0) is 23.8 Å². The fourth-order valence-electron chi connectivity index (χ4n) is 1.96. The number of hydrogen-bond donors (Lipinski definition) is 1. The van der Waals surface area contributed by atoms with E-state index in [4.69, 9.17) is 16.3 Å². The van der Waals surface area contributed by atoms with Crippen LogP contribution >= 0.6 is 11.6 Å². The smallest absolute Gasteiger partial charge is 0.267 e. The summed E-state index contributed by atoms with van der Waals surface area (Å²) in [5.74, 6) is -1.97. The Balaban J connectivity index is 2.27. The summed E-state index contributed by atoms with van der Waals surface area (Å²) in [6.07, 6.45) is -1.14. The Morgan fingerprint density at radius 2 is 1.87 bits per heavy atom. The van der Waals surface area contributed by atoms with Gasteiger partial charge in [-0.1, -0.05) is 41.9 Å². The first-order chi connectivity index (χ1) is 10.8. The molecule has 1 atom stereocenters. The van der Waals surface area contributed by atoms with Gasteiger partial charge in [0.15, 0.2) is 6.10 Å². The molecule has 0 spiro atoms. The molecule has 0 saturated carbocycles. The minimum Gasteiger partial charge on any atom is -0.367 e. The monoisotopic (exact) mass is 357 g/mol. The summed E-state index contributed by atoms with van der Waals surface area (Å²) in [4.78, 5) is 11.5. The lowest BCUT2D eigenvalue weighted by Gasteiger charge is -2.16. The van der Waals surface area contributed by atoms with Gasteiger partial charge < -0.3 is 4.74 Å². The second kappa shape index (κ2) is 7.08. The van der Waals surface area contributed by atoms with E-state index in [0.717, 1.165) is 12.1 Å². The van der Waals surface area contributed by atoms with Crippen molar-refractivity contribution < 1.29 is 22.3 Å². The summed E-state index contributed by atoms with van der Waals surface area (Å²) in [5.41, 5.74) is 0.472. The lowest BCUT2D eigenvalue weighted by atomic mass is 10.1. The number of halogens is 2. The third-order valence-corrected chi connectivity index (χ3v) is 4.61. The highest BCUT2D eigenvalue weighted by atomic mass is 35.5. The highest BCUT2D eigenvalue weighted by Gasteiger charge is 2.27. The molecule has 2 rings (SSSR count). The summed E-state index contributed by atoms with van der Waals surface area (Å²) in [5, 5.41) is 0.0480. The maximum atomic E-state index is 13.8. The van der Waals surface area contributed by atoms with Crippen molar-refractivity contribution in [3.05, 3.63) is 64.9 Å². The van der Waals surface area contributed by atoms with Crippen molar-refractivity contribution >= 4 is 27.5 Å². The Bertz CT molecular complexity index is 811. The van der Waals surface area contributed by atoms with E-state index in [2.05, 4.69) is 0 Å². The van der Waals surface area contributed by atoms with Crippen LogP contribution in [0.25, 0.3) is 0 Å². The molecule has 1 amide bonds. The molecule has 0 aliphatic heterocycles. The predicted molar refractivity (Wildman–Crippen MR) is 82.9 cm³/mol. The average Bonchev–Trinajstić information content (AvgIpc) is 2.48. The van der Waals surface area contributed by atoms with Gasteiger partial charge in [-0.2, -0.15) is 0 Å². The lowest BCUT2D eigenvalue weighted by molar-refractivity contribution is -0.129. The van der Waals surface area contributed by atoms with Crippen molar-refractivity contribution in [3.8, 4) is 0 Å². The second-order valence-corrected chi connectivity index (χ2v) is 6.66. The van der Waals surface area contributed by atoms with E-state index in [1.54, 1.807) is 30.3 Å². The number of carbonyl (C=O) groups excluding carboxylic acids is 1. The van der Waals surface area contributed by atoms with Gasteiger partial charge in [0.2, 0.25) is 0 Å². The first-order valence-corrected chi connectivity index (χ1v) is 8.30. The van der Waals surface area contributed by atoms with E-state index >= 15 is 0 Å². The van der Waals surface area contributed by atoms with Crippen LogP contribution in [0, 0.1) is 5.82 Å². The maximum absolute atomic E-state index is 13.8. The van der Waals surface area contributed by atoms with Gasteiger partial charge >= 0.3 is 0 Å². The largest absolute Gasteiger partial charge is 0.367 e. The molecule has 0 radical (unpaired) electrons. The standard InChI is InChI=1S/C15H13ClFNO4S/c1-22-14(10-5-3-2-4-6-10)15(19)18-23(20,21)13-8-7-11(16)9-12(13)17/h2-9,14H,1H3,(H,18,19). The van der Waals surface area contributed by atoms with Gasteiger partial charge in [0.25, 0.3) is 15.9 Å². The average molecular weight is 358 g/mol. The van der Waals surface area contributed by atoms with Gasteiger partial charge in [0, 0.05) is 12.1 Å². The SMILES string of the molecule is COC(C(=O)NS(=O)(=O)c1ccc(Cl)cc1F)c1ccccc1. The highest BCUT2D eigenvalue weighted by molar-refractivity contribution is 7.90. The zero-order valence-electron chi connectivity index (χ0n) is 12.0. The molecule has 0 fully saturated rings. The van der Waals surface area contributed by atoms with Crippen LogP contribution < -0.4 is 4.72 Å². The topological polar surface area (TPSA) is 72.5 Å². The zero-order valence-corrected chi connectivity index (χ0v) is 13.6. The summed E-state index contributed by atoms with van der Waals surface area (Å²) in [6, 6.07) is 11.4. The Hall–Kier alpha value is -1.96. The van der Waals surface area contributed by atoms with E-state index in [-0.39, 0.29) is 5.02 Å². The quantitative estimate of drug-likeness (QED) is 0.893. The Labute approximate surface area is 138 Å². The van der Waals surface area contributed by atoms with E-state index in [1.165, 1.54) is 13.2 Å². The number of sulfonamides is 1. The molecule has 23 heavy (non-hydrogen) atoms. The molecule has 5 nitrogen and oxygen atoms in total. The van der Waals surface area contributed by atoms with Crippen molar-refractivity contribution in [1.82, 2.24) is 4.72 Å². The molecule has 1 N–H and O–H groups in total. The van der Waals surface area contributed by atoms with Gasteiger partial charge in [-0.15, -0.1) is 0 Å². The van der Waals surface area contributed by atoms with Gasteiger partial charge in [0.1, 0.15) is 10.7 Å². The van der Waals surface area contributed by atoms with E-state index in [0.29, 0.717) is 5.56 Å². The van der Waals surface area contributed by atoms with Crippen molar-refractivity contribution in [3.63, 3.8) is 0 Å². The molecule has 2 aromatic carbocycles. The first kappa shape index (κ1) is 17.4. The fraction of sp³-hybridized carbons (Fsp3) is 0.133. The normalized spacial score (nSPS) is 12.7. The van der Waals surface area contributed by atoms with Crippen molar-refractivity contribution in [1.29, 1.82) is 0 Å². The van der Waals surface area contributed by atoms with Crippen molar-refractivity contribution in [2.75, 3.05) is 7.11 Å². The van der Waals surface area contributed by atoms with Crippen LogP contribution in [0.5, 0.6) is 0 Å². The molecule has 0 aliphatic carbocycles. The number of carbonyl (C=O) groups is 1. The molecule has 0 aromatic heterocycles. The van der Waals surface area contributed by atoms with E-state index in [9.17, 15) is 17.6 Å². The number of benzene rings is 2. The highest BCUT2D eigenvalue weighted by Crippen LogP contribution is 2.21. The van der Waals surface area contributed by atoms with Crippen LogP contribution in [0.3, 0.4) is 0 Å². The first-order valence-electron chi connectivity index (χ1n) is 6.44. The molecule has 0 saturated heterocycles. The Kier molecular flexibility index (Phi) is 5.35. The molecular formula is C15H13ClFNO4S. The summed E-state index contributed by atoms with van der Waals surface area (Å²) in [7, 11) is -3.11. The van der Waals surface area contributed by atoms with Crippen LogP contribution in [-0.2, 0) is 19.6 Å². The van der Waals surface area contributed by atoms with Crippen LogP contribution in [0.2, 0.25) is 5.02 Å². The maximum Gasteiger partial charge on any atom is 0.267 e. The number of ether oxygens (including phenoxy) is 1. The van der Waals surface area contributed by atoms with Gasteiger partial charge in [0.05, 0.1) is 0 Å². The number of rotatable bonds is 5. The van der Waals surface area contributed by atoms with Gasteiger partial charge in [-0.25, -0.2) is 17.5 Å². The summed E-state index contributed by atoms with van der Waals surface area (Å²) < 4.78 is 44.9. The van der Waals surface area contributed by atoms with Crippen LogP contribution in [-0.4, -0.2) is 21.4 Å². The summed E-state index contributed by atoms with van der Waals surface area (Å²) in [6.45, 7) is 0. The number of hydrogen-bond acceptors (Lipinski definition) is 4. The Morgan fingerprint density at radius 3 is 2.43 bits per heavy atom. The van der Waals surface area contributed by atoms with E-state index < -0.39 is 32.7 Å². The molecule has 122 valence electrons. The molecular weight excluding hydrogens is 345 g/mol. The second-order valence-electron chi connectivity index (χ2n) is 4.57. The van der Waals surface area contributed by atoms with Crippen LogP contribution in [0.15, 0.2) is 53.4 Å². The number of amides is 1.